The lowest BCUT2D eigenvalue weighted by atomic mass is 10.1. The Morgan fingerprint density at radius 1 is 1.48 bits per heavy atom. The predicted octanol–water partition coefficient (Wildman–Crippen LogP) is 2.76. The van der Waals surface area contributed by atoms with Crippen molar-refractivity contribution in [2.24, 2.45) is 10.9 Å². The van der Waals surface area contributed by atoms with Crippen molar-refractivity contribution < 1.29 is 10.0 Å². The summed E-state index contributed by atoms with van der Waals surface area (Å²) in [7, 11) is 0. The molecule has 0 aliphatic carbocycles. The van der Waals surface area contributed by atoms with Gasteiger partial charge in [0.1, 0.15) is 4.88 Å². The van der Waals surface area contributed by atoms with Crippen LogP contribution in [0.4, 0.5) is 5.69 Å². The minimum Gasteiger partial charge on any atom is -0.409 e. The van der Waals surface area contributed by atoms with E-state index in [1.54, 1.807) is 19.1 Å². The predicted molar refractivity (Wildman–Crippen MR) is 83.5 cm³/mol. The van der Waals surface area contributed by atoms with Gasteiger partial charge in [0, 0.05) is 10.6 Å². The molecule has 1 aromatic heterocycles. The molecule has 0 unspecified atom stereocenters. The minimum absolute atomic E-state index is 0.112. The third kappa shape index (κ3) is 3.32. The Labute approximate surface area is 130 Å². The molecule has 21 heavy (non-hydrogen) atoms. The van der Waals surface area contributed by atoms with Gasteiger partial charge in [0.15, 0.2) is 5.84 Å². The Kier molecular flexibility index (Phi) is 4.44. The summed E-state index contributed by atoms with van der Waals surface area (Å²) in [6, 6.07) is 4.69. The average molecular weight is 325 g/mol. The minimum atomic E-state index is -0.313. The van der Waals surface area contributed by atoms with E-state index >= 15 is 0 Å². The molecule has 110 valence electrons. The van der Waals surface area contributed by atoms with Gasteiger partial charge in [-0.2, -0.15) is 0 Å². The summed E-state index contributed by atoms with van der Waals surface area (Å²) >= 11 is 7.22. The number of nitrogens with two attached hydrogens (primary N) is 1. The van der Waals surface area contributed by atoms with E-state index in [4.69, 9.17) is 22.5 Å². The van der Waals surface area contributed by atoms with E-state index in [9.17, 15) is 4.79 Å². The number of aromatic nitrogens is 1. The van der Waals surface area contributed by atoms with Crippen LogP contribution in [-0.2, 0) is 0 Å². The first-order valence-electron chi connectivity index (χ1n) is 5.95. The molecule has 8 heteroatoms. The van der Waals surface area contributed by atoms with E-state index in [-0.39, 0.29) is 11.7 Å². The second-order valence-corrected chi connectivity index (χ2v) is 5.92. The van der Waals surface area contributed by atoms with E-state index in [1.807, 2.05) is 6.92 Å². The van der Waals surface area contributed by atoms with Crippen molar-refractivity contribution in [2.75, 3.05) is 5.32 Å². The molecule has 0 aliphatic heterocycles. The normalized spacial score (nSPS) is 11.5. The van der Waals surface area contributed by atoms with Crippen LogP contribution in [0.3, 0.4) is 0 Å². The molecule has 1 amide bonds. The first-order chi connectivity index (χ1) is 9.92. The highest BCUT2D eigenvalue weighted by Crippen LogP contribution is 2.24. The van der Waals surface area contributed by atoms with Gasteiger partial charge in [0.2, 0.25) is 0 Å². The number of amides is 1. The fourth-order valence-electron chi connectivity index (χ4n) is 1.82. The van der Waals surface area contributed by atoms with Gasteiger partial charge in [-0.1, -0.05) is 16.8 Å². The molecule has 2 rings (SSSR count). The monoisotopic (exact) mass is 324 g/mol. The lowest BCUT2D eigenvalue weighted by Crippen LogP contribution is -2.19. The van der Waals surface area contributed by atoms with E-state index in [0.717, 1.165) is 5.01 Å². The number of hydrogen-bond acceptors (Lipinski definition) is 5. The molecule has 0 fully saturated rings. The number of thiazole rings is 1. The van der Waals surface area contributed by atoms with Crippen molar-refractivity contribution >= 4 is 40.4 Å². The van der Waals surface area contributed by atoms with Crippen LogP contribution in [0.1, 0.15) is 25.9 Å². The molecule has 0 aliphatic rings. The standard InChI is InChI=1S/C13H13ClN4O2S/c1-6-11(21-7(2)16-6)13(19)17-10-5-8(14)3-4-9(10)12(15)18-20/h3-5,20H,1-2H3,(H2,15,18)(H,17,19). The number of nitrogens with one attached hydrogen (secondary N) is 1. The number of aryl methyl sites for hydroxylation is 2. The summed E-state index contributed by atoms with van der Waals surface area (Å²) in [4.78, 5) is 17.0. The molecular formula is C13H13ClN4O2S. The Hall–Kier alpha value is -2.12. The van der Waals surface area contributed by atoms with Gasteiger partial charge in [-0.05, 0) is 32.0 Å². The lowest BCUT2D eigenvalue weighted by molar-refractivity contribution is 0.103. The van der Waals surface area contributed by atoms with Gasteiger partial charge in [-0.15, -0.1) is 11.3 Å². The zero-order valence-electron chi connectivity index (χ0n) is 11.3. The first kappa shape index (κ1) is 15.3. The summed E-state index contributed by atoms with van der Waals surface area (Å²) in [6.45, 7) is 3.59. The number of anilines is 1. The molecule has 0 atom stereocenters. The summed E-state index contributed by atoms with van der Waals surface area (Å²) in [6.07, 6.45) is 0. The first-order valence-corrected chi connectivity index (χ1v) is 7.14. The maximum atomic E-state index is 12.3. The number of carbonyl (C=O) groups is 1. The van der Waals surface area contributed by atoms with Crippen LogP contribution in [0.15, 0.2) is 23.4 Å². The van der Waals surface area contributed by atoms with Gasteiger partial charge in [-0.25, -0.2) is 4.98 Å². The molecule has 0 bridgehead atoms. The van der Waals surface area contributed by atoms with Gasteiger partial charge in [0.25, 0.3) is 5.91 Å². The molecule has 6 nitrogen and oxygen atoms in total. The van der Waals surface area contributed by atoms with E-state index in [0.29, 0.717) is 26.8 Å². The maximum Gasteiger partial charge on any atom is 0.267 e. The number of oxime groups is 1. The molecule has 0 saturated carbocycles. The number of amidine groups is 1. The smallest absolute Gasteiger partial charge is 0.267 e. The summed E-state index contributed by atoms with van der Waals surface area (Å²) in [5.74, 6) is -0.425. The van der Waals surface area contributed by atoms with Gasteiger partial charge >= 0.3 is 0 Å². The van der Waals surface area contributed by atoms with E-state index in [1.165, 1.54) is 17.4 Å². The number of hydrogen-bond donors (Lipinski definition) is 3. The Bertz CT molecular complexity index is 727. The number of rotatable bonds is 3. The average Bonchev–Trinajstić information content (AvgIpc) is 2.77. The number of benzene rings is 1. The molecule has 0 spiro atoms. The zero-order valence-corrected chi connectivity index (χ0v) is 12.9. The summed E-state index contributed by atoms with van der Waals surface area (Å²) < 4.78 is 0. The highest BCUT2D eigenvalue weighted by atomic mass is 35.5. The highest BCUT2D eigenvalue weighted by Gasteiger charge is 2.16. The molecule has 2 aromatic rings. The van der Waals surface area contributed by atoms with Gasteiger partial charge in [-0.3, -0.25) is 4.79 Å². The van der Waals surface area contributed by atoms with Crippen LogP contribution in [0.2, 0.25) is 5.02 Å². The van der Waals surface area contributed by atoms with Crippen molar-refractivity contribution in [1.29, 1.82) is 0 Å². The molecule has 0 saturated heterocycles. The number of halogens is 1. The zero-order chi connectivity index (χ0) is 15.6. The van der Waals surface area contributed by atoms with Crippen LogP contribution in [-0.4, -0.2) is 21.9 Å². The van der Waals surface area contributed by atoms with Crippen LogP contribution in [0.5, 0.6) is 0 Å². The molecule has 1 heterocycles. The Morgan fingerprint density at radius 2 is 2.19 bits per heavy atom. The van der Waals surface area contributed by atoms with Gasteiger partial charge < -0.3 is 16.3 Å². The fourth-order valence-corrected chi connectivity index (χ4v) is 2.81. The number of carbonyl (C=O) groups excluding carboxylic acids is 1. The second kappa shape index (κ2) is 6.11. The molecular weight excluding hydrogens is 312 g/mol. The van der Waals surface area contributed by atoms with E-state index in [2.05, 4.69) is 15.5 Å². The second-order valence-electron chi connectivity index (χ2n) is 4.28. The third-order valence-electron chi connectivity index (χ3n) is 2.72. The van der Waals surface area contributed by atoms with Crippen LogP contribution in [0, 0.1) is 13.8 Å². The SMILES string of the molecule is Cc1nc(C)c(C(=O)Nc2cc(Cl)ccc2/C(N)=N/O)s1. The van der Waals surface area contributed by atoms with Crippen LogP contribution >= 0.6 is 22.9 Å². The lowest BCUT2D eigenvalue weighted by Gasteiger charge is -2.10. The fraction of sp³-hybridized carbons (Fsp3) is 0.154. The maximum absolute atomic E-state index is 12.3. The van der Waals surface area contributed by atoms with Gasteiger partial charge in [0.05, 0.1) is 16.4 Å². The topological polar surface area (TPSA) is 101 Å². The van der Waals surface area contributed by atoms with Crippen LogP contribution in [0.25, 0.3) is 0 Å². The molecule has 4 N–H and O–H groups in total. The number of nitrogens with zero attached hydrogens (tertiary/aromatic N) is 2. The largest absolute Gasteiger partial charge is 0.409 e. The summed E-state index contributed by atoms with van der Waals surface area (Å²) in [5, 5.41) is 15.7. The molecule has 0 radical (unpaired) electrons. The Balaban J connectivity index is 2.37. The highest BCUT2D eigenvalue weighted by molar-refractivity contribution is 7.13. The third-order valence-corrected chi connectivity index (χ3v) is 4.03. The van der Waals surface area contributed by atoms with E-state index < -0.39 is 0 Å². The summed E-state index contributed by atoms with van der Waals surface area (Å²) in [5.41, 5.74) is 7.00. The van der Waals surface area contributed by atoms with Crippen molar-refractivity contribution in [1.82, 2.24) is 4.98 Å². The van der Waals surface area contributed by atoms with Crippen molar-refractivity contribution in [2.45, 2.75) is 13.8 Å². The van der Waals surface area contributed by atoms with Crippen molar-refractivity contribution in [3.05, 3.63) is 44.4 Å². The van der Waals surface area contributed by atoms with Crippen molar-refractivity contribution in [3.8, 4) is 0 Å². The quantitative estimate of drug-likeness (QED) is 0.350. The van der Waals surface area contributed by atoms with Crippen molar-refractivity contribution in [3.63, 3.8) is 0 Å². The Morgan fingerprint density at radius 3 is 2.76 bits per heavy atom. The van der Waals surface area contributed by atoms with Crippen LogP contribution < -0.4 is 11.1 Å². The molecule has 1 aromatic carbocycles.